The first kappa shape index (κ1) is 25.5. The number of aromatic nitrogens is 4. The molecule has 0 amide bonds. The number of hydrogen-bond acceptors (Lipinski definition) is 10. The van der Waals surface area contributed by atoms with Gasteiger partial charge in [-0.05, 0) is 49.9 Å². The second kappa shape index (κ2) is 9.97. The van der Waals surface area contributed by atoms with E-state index in [-0.39, 0.29) is 16.9 Å². The van der Waals surface area contributed by atoms with Crippen LogP contribution >= 0.6 is 11.3 Å². The number of ether oxygens (including phenoxy) is 1. The predicted octanol–water partition coefficient (Wildman–Crippen LogP) is 5.09. The number of pyridine rings is 1. The molecule has 4 aromatic rings. The van der Waals surface area contributed by atoms with Gasteiger partial charge in [0.2, 0.25) is 0 Å². The summed E-state index contributed by atoms with van der Waals surface area (Å²) >= 11 is 1.34. The zero-order valence-corrected chi connectivity index (χ0v) is 22.6. The van der Waals surface area contributed by atoms with Crippen LogP contribution in [0.2, 0.25) is 0 Å². The fraction of sp³-hybridized carbons (Fsp3) is 0.440. The van der Waals surface area contributed by atoms with Gasteiger partial charge < -0.3 is 14.2 Å². The molecule has 0 aliphatic carbocycles. The normalized spacial score (nSPS) is 16.0. The monoisotopic (exact) mass is 545 g/mol. The van der Waals surface area contributed by atoms with Crippen molar-refractivity contribution in [2.24, 2.45) is 5.92 Å². The summed E-state index contributed by atoms with van der Waals surface area (Å²) < 4.78 is 49.4. The molecular formula is C25H28FN5O4S2. The maximum absolute atomic E-state index is 14.4. The Morgan fingerprint density at radius 1 is 1.11 bits per heavy atom. The lowest BCUT2D eigenvalue weighted by Crippen LogP contribution is -2.38. The molecule has 1 aliphatic rings. The molecule has 1 aliphatic heterocycles. The predicted molar refractivity (Wildman–Crippen MR) is 139 cm³/mol. The Bertz CT molecular complexity index is 1530. The second-order valence-electron chi connectivity index (χ2n) is 9.66. The van der Waals surface area contributed by atoms with Crippen molar-refractivity contribution in [1.29, 1.82) is 0 Å². The number of nitrogens with zero attached hydrogens (tertiary/aromatic N) is 5. The molecule has 1 saturated heterocycles. The molecule has 4 heterocycles. The molecule has 0 saturated carbocycles. The molecule has 0 spiro atoms. The van der Waals surface area contributed by atoms with Crippen molar-refractivity contribution in [2.75, 3.05) is 24.2 Å². The van der Waals surface area contributed by atoms with Gasteiger partial charge in [0, 0.05) is 30.8 Å². The fourth-order valence-corrected chi connectivity index (χ4v) is 5.97. The quantitative estimate of drug-likeness (QED) is 0.313. The Balaban J connectivity index is 1.24. The van der Waals surface area contributed by atoms with Crippen molar-refractivity contribution in [3.63, 3.8) is 0 Å². The van der Waals surface area contributed by atoms with E-state index in [1.54, 1.807) is 12.1 Å². The largest absolute Gasteiger partial charge is 0.467 e. The second-order valence-corrected chi connectivity index (χ2v) is 12.6. The first-order valence-corrected chi connectivity index (χ1v) is 14.8. The standard InChI is InChI=1S/C25H28FN5O4S2/c1-14(2)22-29-24(35-30-22)31-11-9-16(10-12-31)15(3)34-25-28-20-7-6-19(27-23(20)36-25)17-5-8-21(18(26)13-17)37(4,32)33/h5-8,13-16H,9-12H2,1-4H3. The van der Waals surface area contributed by atoms with Gasteiger partial charge in [0.15, 0.2) is 15.7 Å². The van der Waals surface area contributed by atoms with Crippen LogP contribution in [0.15, 0.2) is 39.8 Å². The van der Waals surface area contributed by atoms with Crippen LogP contribution in [0.5, 0.6) is 5.19 Å². The van der Waals surface area contributed by atoms with Crippen LogP contribution in [0.1, 0.15) is 45.4 Å². The fourth-order valence-electron chi connectivity index (χ4n) is 4.37. The third-order valence-electron chi connectivity index (χ3n) is 6.57. The SMILES string of the molecule is CC(C)c1noc(N2CCC(C(C)Oc3nc4ccc(-c5ccc(S(C)(=O)=O)c(F)c5)nc4s3)CC2)n1. The van der Waals surface area contributed by atoms with E-state index >= 15 is 0 Å². The number of halogens is 1. The van der Waals surface area contributed by atoms with E-state index < -0.39 is 15.7 Å². The lowest BCUT2D eigenvalue weighted by atomic mass is 9.92. The number of sulfone groups is 1. The zero-order valence-electron chi connectivity index (χ0n) is 21.0. The summed E-state index contributed by atoms with van der Waals surface area (Å²) in [4.78, 5) is 16.1. The molecule has 0 radical (unpaired) electrons. The number of anilines is 1. The summed E-state index contributed by atoms with van der Waals surface area (Å²) in [7, 11) is -3.64. The molecular weight excluding hydrogens is 517 g/mol. The molecule has 3 aromatic heterocycles. The van der Waals surface area contributed by atoms with Crippen LogP contribution in [0, 0.1) is 11.7 Å². The number of hydrogen-bond donors (Lipinski definition) is 0. The van der Waals surface area contributed by atoms with Gasteiger partial charge in [-0.15, -0.1) is 0 Å². The Morgan fingerprint density at radius 2 is 1.86 bits per heavy atom. The lowest BCUT2D eigenvalue weighted by molar-refractivity contribution is 0.131. The van der Waals surface area contributed by atoms with Crippen molar-refractivity contribution >= 4 is 37.5 Å². The van der Waals surface area contributed by atoms with Gasteiger partial charge in [-0.1, -0.05) is 36.4 Å². The minimum absolute atomic E-state index is 0.0336. The molecule has 0 bridgehead atoms. The summed E-state index contributed by atoms with van der Waals surface area (Å²) in [5, 5.41) is 4.59. The summed E-state index contributed by atoms with van der Waals surface area (Å²) in [6.45, 7) is 7.77. The van der Waals surface area contributed by atoms with Gasteiger partial charge in [-0.25, -0.2) is 22.8 Å². The van der Waals surface area contributed by atoms with Crippen molar-refractivity contribution in [3.05, 3.63) is 42.0 Å². The van der Waals surface area contributed by atoms with Crippen LogP contribution in [0.4, 0.5) is 10.4 Å². The van der Waals surface area contributed by atoms with E-state index in [1.165, 1.54) is 23.5 Å². The van der Waals surface area contributed by atoms with Gasteiger partial charge in [0.05, 0.1) is 5.69 Å². The molecule has 37 heavy (non-hydrogen) atoms. The minimum atomic E-state index is -3.64. The molecule has 1 aromatic carbocycles. The Morgan fingerprint density at radius 3 is 2.51 bits per heavy atom. The Labute approximate surface area is 218 Å². The zero-order chi connectivity index (χ0) is 26.3. The van der Waals surface area contributed by atoms with Crippen molar-refractivity contribution < 1.29 is 22.1 Å². The van der Waals surface area contributed by atoms with Crippen molar-refractivity contribution in [3.8, 4) is 16.5 Å². The lowest BCUT2D eigenvalue weighted by Gasteiger charge is -2.33. The van der Waals surface area contributed by atoms with Crippen LogP contribution in [0.25, 0.3) is 21.6 Å². The highest BCUT2D eigenvalue weighted by atomic mass is 32.2. The average Bonchev–Trinajstić information content (AvgIpc) is 3.50. The number of benzene rings is 1. The summed E-state index contributed by atoms with van der Waals surface area (Å²) in [5.74, 6) is 0.507. The van der Waals surface area contributed by atoms with E-state index in [1.807, 2.05) is 19.9 Å². The summed E-state index contributed by atoms with van der Waals surface area (Å²) in [6.07, 6.45) is 2.81. The third-order valence-corrected chi connectivity index (χ3v) is 8.56. The summed E-state index contributed by atoms with van der Waals surface area (Å²) in [5.41, 5.74) is 1.71. The molecule has 12 heteroatoms. The highest BCUT2D eigenvalue weighted by Gasteiger charge is 2.28. The molecule has 1 atom stereocenters. The van der Waals surface area contributed by atoms with Crippen LogP contribution in [0.3, 0.4) is 0 Å². The first-order chi connectivity index (χ1) is 17.6. The van der Waals surface area contributed by atoms with Crippen molar-refractivity contribution in [1.82, 2.24) is 20.1 Å². The smallest absolute Gasteiger partial charge is 0.324 e. The van der Waals surface area contributed by atoms with Crippen LogP contribution in [-0.2, 0) is 9.84 Å². The van der Waals surface area contributed by atoms with Crippen LogP contribution < -0.4 is 9.64 Å². The average molecular weight is 546 g/mol. The topological polar surface area (TPSA) is 111 Å². The van der Waals surface area contributed by atoms with Gasteiger partial charge in [0.1, 0.15) is 27.2 Å². The Hall–Kier alpha value is -3.12. The molecule has 196 valence electrons. The molecule has 9 nitrogen and oxygen atoms in total. The maximum Gasteiger partial charge on any atom is 0.324 e. The third kappa shape index (κ3) is 5.45. The highest BCUT2D eigenvalue weighted by molar-refractivity contribution is 7.90. The minimum Gasteiger partial charge on any atom is -0.467 e. The number of piperidine rings is 1. The van der Waals surface area contributed by atoms with Gasteiger partial charge >= 0.3 is 6.01 Å². The van der Waals surface area contributed by atoms with Crippen LogP contribution in [-0.4, -0.2) is 54.0 Å². The number of rotatable bonds is 7. The maximum atomic E-state index is 14.4. The van der Waals surface area contributed by atoms with Gasteiger partial charge in [0.25, 0.3) is 5.19 Å². The van der Waals surface area contributed by atoms with E-state index in [4.69, 9.17) is 9.26 Å². The highest BCUT2D eigenvalue weighted by Crippen LogP contribution is 2.33. The van der Waals surface area contributed by atoms with Gasteiger partial charge in [-0.3, -0.25) is 0 Å². The molecule has 1 fully saturated rings. The first-order valence-electron chi connectivity index (χ1n) is 12.1. The molecule has 5 rings (SSSR count). The van der Waals surface area contributed by atoms with E-state index in [2.05, 4.69) is 31.9 Å². The summed E-state index contributed by atoms with van der Waals surface area (Å²) in [6, 6.07) is 8.13. The Kier molecular flexibility index (Phi) is 6.88. The molecule has 0 N–H and O–H groups in total. The van der Waals surface area contributed by atoms with Gasteiger partial charge in [-0.2, -0.15) is 4.98 Å². The van der Waals surface area contributed by atoms with E-state index in [9.17, 15) is 12.8 Å². The number of fused-ring (bicyclic) bond motifs is 1. The van der Waals surface area contributed by atoms with E-state index in [0.717, 1.165) is 38.0 Å². The van der Waals surface area contributed by atoms with E-state index in [0.29, 0.717) is 38.7 Å². The van der Waals surface area contributed by atoms with Crippen molar-refractivity contribution in [2.45, 2.75) is 50.5 Å². The molecule has 1 unspecified atom stereocenters. The number of thiazole rings is 1.